The third-order valence-corrected chi connectivity index (χ3v) is 19.3. The van der Waals surface area contributed by atoms with Crippen LogP contribution in [-0.4, -0.2) is 62.7 Å². The molecule has 4 aromatic carbocycles. The molecule has 0 radical (unpaired) electrons. The van der Waals surface area contributed by atoms with Crippen molar-refractivity contribution in [2.45, 2.75) is 43.2 Å². The Kier molecular flexibility index (Phi) is 11.2. The standard InChI is InChI=1S/C44H36N4O12S6/c1-45-17-13-28(21-30(45)23-40-47(19-15-42(47)65(53,54)55)36-25-32(63-60-59-49)9-11-38(36)61-40)34-7-3-5-27-6-4-8-35(44(27)34)29-14-18-46(2)31(22-29)24-41-48(20-16-43(48)66(56,57)58)37-26-33(64(50,51)52)10-12-39(37)62-41/h3-14,17-18,21-26,42-43H,15-16,19-20H2,1-2H3. The maximum atomic E-state index is 12.8. The van der Waals surface area contributed by atoms with Crippen LogP contribution in [0.5, 0.6) is 0 Å². The lowest BCUT2D eigenvalue weighted by molar-refractivity contribution is -0.777. The number of hydrogen-bond donors (Lipinski definition) is 0. The molecule has 340 valence electrons. The van der Waals surface area contributed by atoms with Gasteiger partial charge in [-0.3, -0.25) is 5.04 Å². The second kappa shape index (κ2) is 16.3. The molecule has 4 aliphatic heterocycles. The zero-order valence-corrected chi connectivity index (χ0v) is 39.6. The van der Waals surface area contributed by atoms with Crippen LogP contribution in [0.3, 0.4) is 0 Å². The molecule has 66 heavy (non-hydrogen) atoms. The Morgan fingerprint density at radius 3 is 1.62 bits per heavy atom. The Morgan fingerprint density at radius 2 is 1.17 bits per heavy atom. The zero-order valence-electron chi connectivity index (χ0n) is 34.7. The van der Waals surface area contributed by atoms with Gasteiger partial charge < -0.3 is 18.9 Å². The molecule has 0 bridgehead atoms. The quantitative estimate of drug-likeness (QED) is 0.0423. The van der Waals surface area contributed by atoms with Crippen molar-refractivity contribution in [3.8, 4) is 22.3 Å². The van der Waals surface area contributed by atoms with E-state index in [9.17, 15) is 44.2 Å². The summed E-state index contributed by atoms with van der Waals surface area (Å²) in [5, 5.41) is 14.5. The molecule has 2 fully saturated rings. The lowest BCUT2D eigenvalue weighted by atomic mass is 9.91. The average molecular weight is 1010 g/mol. The van der Waals surface area contributed by atoms with Crippen LogP contribution < -0.4 is 23.4 Å². The second-order valence-corrected chi connectivity index (χ2v) is 23.7. The molecule has 16 nitrogen and oxygen atoms in total. The monoisotopic (exact) mass is 1000 g/mol. The minimum absolute atomic E-state index is 0.0599. The number of thioether (sulfide) groups is 2. The second-order valence-electron chi connectivity index (χ2n) is 16.4. The maximum absolute atomic E-state index is 12.8. The summed E-state index contributed by atoms with van der Waals surface area (Å²) >= 11 is 3.29. The van der Waals surface area contributed by atoms with E-state index in [1.165, 1.54) is 41.7 Å². The van der Waals surface area contributed by atoms with Gasteiger partial charge in [-0.15, -0.1) is 0 Å². The number of benzene rings is 4. The first-order valence-electron chi connectivity index (χ1n) is 20.2. The maximum Gasteiger partial charge on any atom is 0.212 e. The van der Waals surface area contributed by atoms with E-state index >= 15 is 0 Å². The van der Waals surface area contributed by atoms with Gasteiger partial charge in [-0.25, -0.2) is 43.4 Å². The molecule has 22 heteroatoms. The number of aryl methyl sites for hydroxylation is 2. The first-order valence-corrected chi connectivity index (χ1v) is 26.9. The van der Waals surface area contributed by atoms with E-state index in [-0.39, 0.29) is 29.6 Å². The predicted octanol–water partition coefficient (Wildman–Crippen LogP) is 5.33. The predicted molar refractivity (Wildman–Crippen MR) is 243 cm³/mol. The van der Waals surface area contributed by atoms with Crippen molar-refractivity contribution in [1.82, 2.24) is 8.97 Å². The SMILES string of the molecule is C[n+]1ccc(-c2cccc3cccc(-c4cc[n+](C)c(C=C5Sc6ccc(S(=O)(=O)[O-])cc6[N+]56CCC6S(=O)(=O)[O-])c4)c23)cc1C=C1Sc2ccc(SOO[O-])cc2[N+]12CCC2S(=O)(=O)[O-]. The van der Waals surface area contributed by atoms with Crippen LogP contribution in [-0.2, 0) is 53.8 Å². The molecule has 4 atom stereocenters. The zero-order chi connectivity index (χ0) is 46.6. The molecule has 0 aliphatic carbocycles. The van der Waals surface area contributed by atoms with Gasteiger partial charge in [0, 0.05) is 41.3 Å². The van der Waals surface area contributed by atoms with Crippen molar-refractivity contribution >= 4 is 100 Å². The molecule has 2 aromatic heterocycles. The number of nitrogens with zero attached hydrogens (tertiary/aromatic N) is 4. The molecule has 10 rings (SSSR count). The van der Waals surface area contributed by atoms with E-state index in [4.69, 9.17) is 0 Å². The molecular formula is C44H36N4O12S6. The third kappa shape index (κ3) is 7.43. The summed E-state index contributed by atoms with van der Waals surface area (Å²) in [4.78, 5) is 1.30. The van der Waals surface area contributed by atoms with Crippen LogP contribution in [0.4, 0.5) is 11.4 Å². The normalized spacial score (nSPS) is 23.7. The summed E-state index contributed by atoms with van der Waals surface area (Å²) in [6, 6.07) is 29.0. The van der Waals surface area contributed by atoms with Crippen LogP contribution in [0.15, 0.2) is 139 Å². The van der Waals surface area contributed by atoms with Gasteiger partial charge in [-0.2, -0.15) is 4.33 Å². The van der Waals surface area contributed by atoms with Gasteiger partial charge in [-0.05, 0) is 80.8 Å². The topological polar surface area (TPSA) is 221 Å². The van der Waals surface area contributed by atoms with E-state index < -0.39 is 50.5 Å². The Hall–Kier alpha value is -4.50. The van der Waals surface area contributed by atoms with Crippen molar-refractivity contribution in [3.63, 3.8) is 0 Å². The Labute approximate surface area is 392 Å². The molecule has 4 unspecified atom stereocenters. The van der Waals surface area contributed by atoms with Crippen molar-refractivity contribution in [3.05, 3.63) is 131 Å². The summed E-state index contributed by atoms with van der Waals surface area (Å²) in [6.07, 6.45) is 7.74. The summed E-state index contributed by atoms with van der Waals surface area (Å²) in [5.41, 5.74) is 5.75. The third-order valence-electron chi connectivity index (χ3n) is 12.9. The fraction of sp³-hybridized carbons (Fsp3) is 0.182. The summed E-state index contributed by atoms with van der Waals surface area (Å²) < 4.78 is 120. The molecule has 0 saturated carbocycles. The molecular weight excluding hydrogens is 969 g/mol. The smallest absolute Gasteiger partial charge is 0.212 e. The van der Waals surface area contributed by atoms with E-state index in [1.54, 1.807) is 18.2 Å². The lowest BCUT2D eigenvalue weighted by Gasteiger charge is -2.49. The summed E-state index contributed by atoms with van der Waals surface area (Å²) in [7, 11) is -10.8. The van der Waals surface area contributed by atoms with Crippen LogP contribution in [0.25, 0.3) is 45.2 Å². The highest BCUT2D eigenvalue weighted by Gasteiger charge is 2.61. The molecule has 2 spiro atoms. The van der Waals surface area contributed by atoms with Gasteiger partial charge >= 0.3 is 0 Å². The first kappa shape index (κ1) is 45.3. The van der Waals surface area contributed by atoms with E-state index in [0.717, 1.165) is 43.6 Å². The largest absolute Gasteiger partial charge is 0.744 e. The number of rotatable bonds is 10. The van der Waals surface area contributed by atoms with Crippen molar-refractivity contribution in [1.29, 1.82) is 0 Å². The lowest BCUT2D eigenvalue weighted by Crippen LogP contribution is -2.66. The number of pyridine rings is 2. The number of fused-ring (bicyclic) bond motifs is 5. The minimum atomic E-state index is -4.88. The fourth-order valence-electron chi connectivity index (χ4n) is 9.61. The molecule has 0 amide bonds. The van der Waals surface area contributed by atoms with Gasteiger partial charge in [0.15, 0.2) is 64.8 Å². The molecule has 2 saturated heterocycles. The Bertz CT molecular complexity index is 3470. The fourth-order valence-corrected chi connectivity index (χ4v) is 15.7. The van der Waals surface area contributed by atoms with Crippen molar-refractivity contribution in [2.75, 3.05) is 13.1 Å². The Morgan fingerprint density at radius 1 is 0.667 bits per heavy atom. The number of hydrogen-bond acceptors (Lipinski definition) is 15. The summed E-state index contributed by atoms with van der Waals surface area (Å²) in [6.45, 7) is 0.577. The van der Waals surface area contributed by atoms with E-state index in [1.807, 2.05) is 108 Å². The van der Waals surface area contributed by atoms with Gasteiger partial charge in [0.1, 0.15) is 24.2 Å². The molecule has 6 aromatic rings. The number of aromatic nitrogens is 2. The van der Waals surface area contributed by atoms with Crippen LogP contribution >= 0.6 is 35.6 Å². The highest BCUT2D eigenvalue weighted by molar-refractivity contribution is 8.04. The van der Waals surface area contributed by atoms with E-state index in [0.29, 0.717) is 49.8 Å². The van der Waals surface area contributed by atoms with Gasteiger partial charge in [0.25, 0.3) is 0 Å². The van der Waals surface area contributed by atoms with Gasteiger partial charge in [0.05, 0.1) is 64.8 Å². The molecule has 4 aliphatic rings. The van der Waals surface area contributed by atoms with Crippen LogP contribution in [0.1, 0.15) is 24.2 Å². The number of quaternary nitrogens is 2. The van der Waals surface area contributed by atoms with Gasteiger partial charge in [-0.1, -0.05) is 36.4 Å². The molecule has 0 N–H and O–H groups in total. The Balaban J connectivity index is 1.07. The summed E-state index contributed by atoms with van der Waals surface area (Å²) in [5.74, 6) is 0. The molecule has 6 heterocycles. The average Bonchev–Trinajstić information content (AvgIpc) is 3.75. The van der Waals surface area contributed by atoms with E-state index in [2.05, 4.69) is 9.37 Å². The van der Waals surface area contributed by atoms with Crippen molar-refractivity contribution in [2.24, 2.45) is 14.1 Å². The highest BCUT2D eigenvalue weighted by atomic mass is 32.2. The van der Waals surface area contributed by atoms with Crippen LogP contribution in [0, 0.1) is 0 Å². The highest BCUT2D eigenvalue weighted by Crippen LogP contribution is 2.60. The van der Waals surface area contributed by atoms with Crippen LogP contribution in [0.2, 0.25) is 0 Å². The van der Waals surface area contributed by atoms with Crippen molar-refractivity contribution < 1.29 is 62.7 Å². The first-order chi connectivity index (χ1) is 31.3. The minimum Gasteiger partial charge on any atom is -0.744 e. The van der Waals surface area contributed by atoms with Gasteiger partial charge in [0.2, 0.25) is 11.4 Å².